The van der Waals surface area contributed by atoms with Gasteiger partial charge in [0.15, 0.2) is 0 Å². The van der Waals surface area contributed by atoms with E-state index < -0.39 is 0 Å². The Morgan fingerprint density at radius 3 is 2.68 bits per heavy atom. The van der Waals surface area contributed by atoms with E-state index in [-0.39, 0.29) is 6.61 Å². The smallest absolute Gasteiger partial charge is 0.139 e. The molecule has 0 unspecified atom stereocenters. The molecule has 0 spiro atoms. The van der Waals surface area contributed by atoms with Gasteiger partial charge in [0.05, 0.1) is 20.8 Å². The third-order valence-electron chi connectivity index (χ3n) is 3.56. The average molecular weight is 299 g/mol. The summed E-state index contributed by atoms with van der Waals surface area (Å²) in [5.41, 5.74) is 9.07. The van der Waals surface area contributed by atoms with Crippen LogP contribution in [-0.4, -0.2) is 28.7 Å². The van der Waals surface area contributed by atoms with Gasteiger partial charge in [-0.3, -0.25) is 4.40 Å². The molecule has 3 N–H and O–H groups in total. The number of pyridine rings is 1. The molecule has 3 rings (SSSR count). The van der Waals surface area contributed by atoms with Crippen LogP contribution in [0.15, 0.2) is 36.5 Å². The summed E-state index contributed by atoms with van der Waals surface area (Å²) in [6, 6.07) is 9.10. The van der Waals surface area contributed by atoms with E-state index in [2.05, 4.69) is 4.98 Å². The Morgan fingerprint density at radius 1 is 1.18 bits per heavy atom. The number of aromatic nitrogens is 2. The Labute approximate surface area is 127 Å². The average Bonchev–Trinajstić information content (AvgIpc) is 2.90. The minimum absolute atomic E-state index is 0.0502. The van der Waals surface area contributed by atoms with Crippen LogP contribution in [-0.2, 0) is 6.61 Å². The summed E-state index contributed by atoms with van der Waals surface area (Å²) < 4.78 is 12.4. The van der Waals surface area contributed by atoms with Gasteiger partial charge in [-0.1, -0.05) is 6.07 Å². The number of aliphatic hydroxyl groups excluding tert-OH is 1. The van der Waals surface area contributed by atoms with Crippen LogP contribution in [0.3, 0.4) is 0 Å². The number of aliphatic hydroxyl groups is 1. The Bertz CT molecular complexity index is 827. The fourth-order valence-corrected chi connectivity index (χ4v) is 2.40. The molecule has 0 aliphatic rings. The molecule has 0 amide bonds. The van der Waals surface area contributed by atoms with Crippen LogP contribution in [0.1, 0.15) is 5.56 Å². The first kappa shape index (κ1) is 14.2. The van der Waals surface area contributed by atoms with Gasteiger partial charge >= 0.3 is 0 Å². The molecule has 6 heteroatoms. The van der Waals surface area contributed by atoms with E-state index in [1.54, 1.807) is 24.8 Å². The molecule has 6 nitrogen and oxygen atoms in total. The fourth-order valence-electron chi connectivity index (χ4n) is 2.40. The number of hydrogen-bond acceptors (Lipinski definition) is 5. The lowest BCUT2D eigenvalue weighted by atomic mass is 10.1. The number of ether oxygens (including phenoxy) is 2. The van der Waals surface area contributed by atoms with Crippen molar-refractivity contribution < 1.29 is 14.6 Å². The number of fused-ring (bicyclic) bond motifs is 1. The van der Waals surface area contributed by atoms with Gasteiger partial charge in [0.2, 0.25) is 0 Å². The summed E-state index contributed by atoms with van der Waals surface area (Å²) in [5, 5.41) is 9.25. The highest BCUT2D eigenvalue weighted by Crippen LogP contribution is 2.36. The number of nitrogens with two attached hydrogens (primary N) is 1. The van der Waals surface area contributed by atoms with Crippen molar-refractivity contribution in [3.05, 3.63) is 42.1 Å². The molecule has 3 aromatic rings. The van der Waals surface area contributed by atoms with Crippen molar-refractivity contribution in [2.75, 3.05) is 20.0 Å². The Kier molecular flexibility index (Phi) is 3.60. The van der Waals surface area contributed by atoms with Crippen molar-refractivity contribution in [1.82, 2.24) is 9.38 Å². The quantitative estimate of drug-likeness (QED) is 0.771. The number of hydrogen-bond donors (Lipinski definition) is 2. The highest BCUT2D eigenvalue weighted by atomic mass is 16.5. The maximum atomic E-state index is 9.25. The third-order valence-corrected chi connectivity index (χ3v) is 3.56. The van der Waals surface area contributed by atoms with Crippen molar-refractivity contribution in [3.63, 3.8) is 0 Å². The number of methoxy groups -OCH3 is 2. The molecule has 0 saturated carbocycles. The summed E-state index contributed by atoms with van der Waals surface area (Å²) in [7, 11) is 3.20. The summed E-state index contributed by atoms with van der Waals surface area (Å²) >= 11 is 0. The molecule has 0 aliphatic carbocycles. The van der Waals surface area contributed by atoms with Gasteiger partial charge in [0.1, 0.15) is 28.7 Å². The second kappa shape index (κ2) is 5.57. The van der Waals surface area contributed by atoms with E-state index in [0.29, 0.717) is 28.7 Å². The van der Waals surface area contributed by atoms with E-state index >= 15 is 0 Å². The number of benzene rings is 1. The van der Waals surface area contributed by atoms with Gasteiger partial charge in [-0.2, -0.15) is 0 Å². The molecule has 0 fully saturated rings. The number of nitrogens with zero attached hydrogens (tertiary/aromatic N) is 2. The summed E-state index contributed by atoms with van der Waals surface area (Å²) in [6.07, 6.45) is 1.77. The van der Waals surface area contributed by atoms with Crippen LogP contribution < -0.4 is 15.2 Å². The van der Waals surface area contributed by atoms with Crippen LogP contribution in [0, 0.1) is 0 Å². The summed E-state index contributed by atoms with van der Waals surface area (Å²) in [6.45, 7) is -0.0502. The Hall–Kier alpha value is -2.73. The van der Waals surface area contributed by atoms with Crippen LogP contribution in [0.2, 0.25) is 0 Å². The summed E-state index contributed by atoms with van der Waals surface area (Å²) in [4.78, 5) is 4.56. The second-order valence-corrected chi connectivity index (χ2v) is 4.84. The van der Waals surface area contributed by atoms with Crippen LogP contribution in [0.25, 0.3) is 16.9 Å². The molecule has 0 bridgehead atoms. The molecular weight excluding hydrogens is 282 g/mol. The number of anilines is 1. The number of rotatable bonds is 4. The first-order valence-electron chi connectivity index (χ1n) is 6.77. The van der Waals surface area contributed by atoms with E-state index in [4.69, 9.17) is 15.2 Å². The molecule has 0 aliphatic heterocycles. The molecule has 2 heterocycles. The van der Waals surface area contributed by atoms with E-state index in [1.165, 1.54) is 0 Å². The van der Waals surface area contributed by atoms with Crippen molar-refractivity contribution in [1.29, 1.82) is 0 Å². The van der Waals surface area contributed by atoms with Gasteiger partial charge in [-0.15, -0.1) is 0 Å². The SMILES string of the molecule is COc1ccc(OC)c(-c2nc3ccc(CO)cn3c2N)c1. The monoisotopic (exact) mass is 299 g/mol. The predicted octanol–water partition coefficient (Wildman–Crippen LogP) is 2.09. The third kappa shape index (κ3) is 2.23. The highest BCUT2D eigenvalue weighted by molar-refractivity contribution is 5.80. The minimum atomic E-state index is -0.0502. The zero-order chi connectivity index (χ0) is 15.7. The lowest BCUT2D eigenvalue weighted by molar-refractivity contribution is 0.281. The number of nitrogen functional groups attached to an aromatic ring is 1. The molecule has 0 saturated heterocycles. The van der Waals surface area contributed by atoms with E-state index in [0.717, 1.165) is 11.1 Å². The zero-order valence-electron chi connectivity index (χ0n) is 12.4. The Balaban J connectivity index is 2.23. The molecule has 2 aromatic heterocycles. The van der Waals surface area contributed by atoms with Crippen LogP contribution in [0.5, 0.6) is 11.5 Å². The first-order valence-corrected chi connectivity index (χ1v) is 6.77. The maximum absolute atomic E-state index is 9.25. The fraction of sp³-hybridized carbons (Fsp3) is 0.188. The van der Waals surface area contributed by atoms with Crippen molar-refractivity contribution >= 4 is 11.5 Å². The summed E-state index contributed by atoms with van der Waals surface area (Å²) in [5.74, 6) is 1.85. The maximum Gasteiger partial charge on any atom is 0.139 e. The molecule has 114 valence electrons. The Morgan fingerprint density at radius 2 is 2.00 bits per heavy atom. The minimum Gasteiger partial charge on any atom is -0.497 e. The molecule has 1 aromatic carbocycles. The standard InChI is InChI=1S/C16H17N3O3/c1-21-11-4-5-13(22-2)12(7-11)15-16(17)19-8-10(9-20)3-6-14(19)18-15/h3-8,20H,9,17H2,1-2H3. The molecule has 0 radical (unpaired) electrons. The first-order chi connectivity index (χ1) is 10.7. The largest absolute Gasteiger partial charge is 0.497 e. The molecule has 0 atom stereocenters. The zero-order valence-corrected chi connectivity index (χ0v) is 12.4. The lowest BCUT2D eigenvalue weighted by Gasteiger charge is -2.09. The van der Waals surface area contributed by atoms with Gasteiger partial charge < -0.3 is 20.3 Å². The van der Waals surface area contributed by atoms with E-state index in [9.17, 15) is 5.11 Å². The second-order valence-electron chi connectivity index (χ2n) is 4.84. The van der Waals surface area contributed by atoms with Crippen LogP contribution in [0.4, 0.5) is 5.82 Å². The van der Waals surface area contributed by atoms with Gasteiger partial charge in [0.25, 0.3) is 0 Å². The normalized spacial score (nSPS) is 10.9. The lowest BCUT2D eigenvalue weighted by Crippen LogP contribution is -1.97. The topological polar surface area (TPSA) is 82.0 Å². The van der Waals surface area contributed by atoms with Gasteiger partial charge in [0, 0.05) is 11.8 Å². The van der Waals surface area contributed by atoms with Crippen molar-refractivity contribution in [2.45, 2.75) is 6.61 Å². The van der Waals surface area contributed by atoms with Gasteiger partial charge in [-0.25, -0.2) is 4.98 Å². The van der Waals surface area contributed by atoms with Crippen molar-refractivity contribution in [3.8, 4) is 22.8 Å². The van der Waals surface area contributed by atoms with Crippen molar-refractivity contribution in [2.24, 2.45) is 0 Å². The molecule has 22 heavy (non-hydrogen) atoms. The van der Waals surface area contributed by atoms with Gasteiger partial charge in [-0.05, 0) is 29.8 Å². The van der Waals surface area contributed by atoms with Crippen LogP contribution >= 0.6 is 0 Å². The predicted molar refractivity (Wildman–Crippen MR) is 84.1 cm³/mol. The van der Waals surface area contributed by atoms with E-state index in [1.807, 2.05) is 30.3 Å². The highest BCUT2D eigenvalue weighted by Gasteiger charge is 2.16. The number of imidazole rings is 1. The molecular formula is C16H17N3O3.